The van der Waals surface area contributed by atoms with Crippen molar-refractivity contribution in [1.29, 1.82) is 0 Å². The normalized spacial score (nSPS) is 16.8. The van der Waals surface area contributed by atoms with E-state index in [4.69, 9.17) is 11.6 Å². The minimum absolute atomic E-state index is 0.0722. The number of nitrogens with one attached hydrogen (secondary N) is 1. The van der Waals surface area contributed by atoms with E-state index >= 15 is 0 Å². The van der Waals surface area contributed by atoms with Crippen molar-refractivity contribution in [3.8, 4) is 0 Å². The van der Waals surface area contributed by atoms with Crippen molar-refractivity contribution < 1.29 is 14.4 Å². The molecule has 1 heterocycles. The van der Waals surface area contributed by atoms with E-state index in [-0.39, 0.29) is 30.6 Å². The van der Waals surface area contributed by atoms with Crippen LogP contribution in [0.15, 0.2) is 48.5 Å². The van der Waals surface area contributed by atoms with Gasteiger partial charge >= 0.3 is 0 Å². The van der Waals surface area contributed by atoms with E-state index in [2.05, 4.69) is 5.32 Å². The van der Waals surface area contributed by atoms with Gasteiger partial charge in [-0.2, -0.15) is 0 Å². The molecule has 3 rings (SSSR count). The fraction of sp³-hybridized carbons (Fsp3) is 0.211. The van der Waals surface area contributed by atoms with Crippen molar-refractivity contribution in [3.05, 3.63) is 59.1 Å². The Morgan fingerprint density at radius 2 is 1.92 bits per heavy atom. The van der Waals surface area contributed by atoms with Gasteiger partial charge in [0.1, 0.15) is 0 Å². The number of rotatable bonds is 4. The highest BCUT2D eigenvalue weighted by molar-refractivity contribution is 6.33. The summed E-state index contributed by atoms with van der Waals surface area (Å²) in [5.41, 5.74) is 1.68. The van der Waals surface area contributed by atoms with Gasteiger partial charge in [-0.3, -0.25) is 14.4 Å². The zero-order valence-corrected chi connectivity index (χ0v) is 14.4. The number of hydrogen-bond acceptors (Lipinski definition) is 3. The number of halogens is 1. The third-order valence-corrected chi connectivity index (χ3v) is 4.50. The molecule has 0 aromatic heterocycles. The van der Waals surface area contributed by atoms with Gasteiger partial charge in [-0.05, 0) is 31.2 Å². The average molecular weight is 357 g/mol. The molecule has 0 bridgehead atoms. The Labute approximate surface area is 150 Å². The van der Waals surface area contributed by atoms with Gasteiger partial charge in [-0.1, -0.05) is 35.9 Å². The molecular weight excluding hydrogens is 340 g/mol. The SMILES string of the molecule is CC(=O)c1cccc(NC(=O)C2CC(=O)N(c3ccccc3Cl)C2)c1. The summed E-state index contributed by atoms with van der Waals surface area (Å²) in [5, 5.41) is 3.26. The number of benzene rings is 2. The van der Waals surface area contributed by atoms with Crippen LogP contribution in [0.3, 0.4) is 0 Å². The zero-order chi connectivity index (χ0) is 18.0. The second-order valence-corrected chi connectivity index (χ2v) is 6.39. The first-order valence-corrected chi connectivity index (χ1v) is 8.30. The van der Waals surface area contributed by atoms with Crippen LogP contribution in [0.5, 0.6) is 0 Å². The molecular formula is C19H17ClN2O3. The van der Waals surface area contributed by atoms with Crippen LogP contribution in [-0.4, -0.2) is 24.1 Å². The molecule has 128 valence electrons. The summed E-state index contributed by atoms with van der Waals surface area (Å²) in [6, 6.07) is 13.8. The van der Waals surface area contributed by atoms with Crippen molar-refractivity contribution in [2.45, 2.75) is 13.3 Å². The maximum Gasteiger partial charge on any atom is 0.229 e. The van der Waals surface area contributed by atoms with Crippen LogP contribution in [0.2, 0.25) is 5.02 Å². The summed E-state index contributed by atoms with van der Waals surface area (Å²) >= 11 is 6.15. The molecule has 2 amide bonds. The quantitative estimate of drug-likeness (QED) is 0.852. The summed E-state index contributed by atoms with van der Waals surface area (Å²) in [7, 11) is 0. The summed E-state index contributed by atoms with van der Waals surface area (Å²) in [4.78, 5) is 37.8. The van der Waals surface area contributed by atoms with Crippen LogP contribution in [0.4, 0.5) is 11.4 Å². The van der Waals surface area contributed by atoms with Gasteiger partial charge in [-0.15, -0.1) is 0 Å². The Hall–Kier alpha value is -2.66. The van der Waals surface area contributed by atoms with E-state index in [1.807, 2.05) is 0 Å². The Balaban J connectivity index is 1.72. The fourth-order valence-corrected chi connectivity index (χ4v) is 3.08. The van der Waals surface area contributed by atoms with Crippen molar-refractivity contribution in [3.63, 3.8) is 0 Å². The third-order valence-electron chi connectivity index (χ3n) is 4.18. The molecule has 1 N–H and O–H groups in total. The molecule has 0 aliphatic carbocycles. The first kappa shape index (κ1) is 17.2. The summed E-state index contributed by atoms with van der Waals surface area (Å²) in [6.45, 7) is 1.75. The van der Waals surface area contributed by atoms with E-state index in [1.165, 1.54) is 6.92 Å². The van der Waals surface area contributed by atoms with E-state index in [1.54, 1.807) is 53.4 Å². The van der Waals surface area contributed by atoms with Gasteiger partial charge in [-0.25, -0.2) is 0 Å². The molecule has 0 spiro atoms. The lowest BCUT2D eigenvalue weighted by Gasteiger charge is -2.18. The van der Waals surface area contributed by atoms with Gasteiger partial charge < -0.3 is 10.2 Å². The number of anilines is 2. The Kier molecular flexibility index (Phi) is 4.86. The van der Waals surface area contributed by atoms with Crippen LogP contribution in [0, 0.1) is 5.92 Å². The number of nitrogens with zero attached hydrogens (tertiary/aromatic N) is 1. The maximum atomic E-state index is 12.5. The number of ketones is 1. The molecule has 1 atom stereocenters. The van der Waals surface area contributed by atoms with Gasteiger partial charge in [0, 0.05) is 24.2 Å². The van der Waals surface area contributed by atoms with Gasteiger partial charge in [0.15, 0.2) is 5.78 Å². The standard InChI is InChI=1S/C19H17ClN2O3/c1-12(23)13-5-4-6-15(9-13)21-19(25)14-10-18(24)22(11-14)17-8-3-2-7-16(17)20/h2-9,14H,10-11H2,1H3,(H,21,25). The number of hydrogen-bond donors (Lipinski definition) is 1. The molecule has 0 saturated carbocycles. The van der Waals surface area contributed by atoms with E-state index < -0.39 is 5.92 Å². The number of para-hydroxylation sites is 1. The lowest BCUT2D eigenvalue weighted by Crippen LogP contribution is -2.28. The number of carbonyl (C=O) groups excluding carboxylic acids is 3. The highest BCUT2D eigenvalue weighted by Gasteiger charge is 2.35. The minimum Gasteiger partial charge on any atom is -0.326 e. The molecule has 1 fully saturated rings. The lowest BCUT2D eigenvalue weighted by molar-refractivity contribution is -0.122. The van der Waals surface area contributed by atoms with Crippen LogP contribution in [-0.2, 0) is 9.59 Å². The van der Waals surface area contributed by atoms with Crippen LogP contribution in [0.25, 0.3) is 0 Å². The number of carbonyl (C=O) groups is 3. The molecule has 1 unspecified atom stereocenters. The van der Waals surface area contributed by atoms with Crippen molar-refractivity contribution in [2.24, 2.45) is 5.92 Å². The molecule has 6 heteroatoms. The Bertz CT molecular complexity index is 850. The van der Waals surface area contributed by atoms with E-state index in [0.29, 0.717) is 22.0 Å². The second kappa shape index (κ2) is 7.07. The van der Waals surface area contributed by atoms with Gasteiger partial charge in [0.2, 0.25) is 11.8 Å². The minimum atomic E-state index is -0.468. The van der Waals surface area contributed by atoms with Crippen LogP contribution < -0.4 is 10.2 Å². The van der Waals surface area contributed by atoms with Crippen LogP contribution >= 0.6 is 11.6 Å². The second-order valence-electron chi connectivity index (χ2n) is 5.98. The van der Waals surface area contributed by atoms with Crippen LogP contribution in [0.1, 0.15) is 23.7 Å². The first-order valence-electron chi connectivity index (χ1n) is 7.92. The van der Waals surface area contributed by atoms with Crippen molar-refractivity contribution >= 4 is 40.6 Å². The van der Waals surface area contributed by atoms with Gasteiger partial charge in [0.05, 0.1) is 16.6 Å². The van der Waals surface area contributed by atoms with Crippen molar-refractivity contribution in [1.82, 2.24) is 0 Å². The monoisotopic (exact) mass is 356 g/mol. The Morgan fingerprint density at radius 1 is 1.16 bits per heavy atom. The van der Waals surface area contributed by atoms with Gasteiger partial charge in [0.25, 0.3) is 0 Å². The predicted molar refractivity (Wildman–Crippen MR) is 97.0 cm³/mol. The van der Waals surface area contributed by atoms with E-state index in [9.17, 15) is 14.4 Å². The van der Waals surface area contributed by atoms with E-state index in [0.717, 1.165) is 0 Å². The third kappa shape index (κ3) is 3.72. The lowest BCUT2D eigenvalue weighted by atomic mass is 10.1. The summed E-state index contributed by atoms with van der Waals surface area (Å²) in [5.74, 6) is -0.920. The summed E-state index contributed by atoms with van der Waals surface area (Å²) in [6.07, 6.45) is 0.128. The fourth-order valence-electron chi connectivity index (χ4n) is 2.85. The first-order chi connectivity index (χ1) is 12.0. The molecule has 1 saturated heterocycles. The topological polar surface area (TPSA) is 66.5 Å². The molecule has 0 radical (unpaired) electrons. The molecule has 5 nitrogen and oxygen atoms in total. The maximum absolute atomic E-state index is 12.5. The number of Topliss-reactive ketones (excluding diaryl/α,β-unsaturated/α-hetero) is 1. The highest BCUT2D eigenvalue weighted by Crippen LogP contribution is 2.31. The molecule has 2 aromatic rings. The van der Waals surface area contributed by atoms with Crippen molar-refractivity contribution in [2.75, 3.05) is 16.8 Å². The Morgan fingerprint density at radius 3 is 2.64 bits per heavy atom. The predicted octanol–water partition coefficient (Wildman–Crippen LogP) is 3.53. The summed E-state index contributed by atoms with van der Waals surface area (Å²) < 4.78 is 0. The zero-order valence-electron chi connectivity index (χ0n) is 13.7. The molecule has 1 aliphatic heterocycles. The largest absolute Gasteiger partial charge is 0.326 e. The molecule has 2 aromatic carbocycles. The highest BCUT2D eigenvalue weighted by atomic mass is 35.5. The molecule has 25 heavy (non-hydrogen) atoms. The average Bonchev–Trinajstić information content (AvgIpc) is 2.97. The number of amides is 2. The smallest absolute Gasteiger partial charge is 0.229 e. The molecule has 1 aliphatic rings.